The van der Waals surface area contributed by atoms with Gasteiger partial charge in [0.25, 0.3) is 5.91 Å². The first kappa shape index (κ1) is 30.0. The number of nitriles is 1. The lowest BCUT2D eigenvalue weighted by Gasteiger charge is -2.71. The van der Waals surface area contributed by atoms with Crippen molar-refractivity contribution >= 4 is 17.5 Å². The van der Waals surface area contributed by atoms with Crippen LogP contribution in [0.3, 0.4) is 0 Å². The average Bonchev–Trinajstić information content (AvgIpc) is 3.38. The molecule has 8 heteroatoms. The van der Waals surface area contributed by atoms with Gasteiger partial charge in [0, 0.05) is 40.9 Å². The van der Waals surface area contributed by atoms with Crippen LogP contribution in [0.2, 0.25) is 0 Å². The van der Waals surface area contributed by atoms with Gasteiger partial charge < -0.3 is 10.4 Å². The molecular formula is C35H46N4O4. The Morgan fingerprint density at radius 1 is 1.05 bits per heavy atom. The monoisotopic (exact) mass is 586 g/mol. The minimum absolute atomic E-state index is 0.0554. The summed E-state index contributed by atoms with van der Waals surface area (Å²) >= 11 is 0. The Morgan fingerprint density at radius 3 is 2.35 bits per heavy atom. The van der Waals surface area contributed by atoms with Crippen molar-refractivity contribution in [2.75, 3.05) is 0 Å². The van der Waals surface area contributed by atoms with E-state index in [9.17, 15) is 24.8 Å². The maximum Gasteiger partial charge on any atom is 0.272 e. The third-order valence-corrected chi connectivity index (χ3v) is 13.6. The third kappa shape index (κ3) is 3.64. The van der Waals surface area contributed by atoms with Crippen LogP contribution in [0.1, 0.15) is 104 Å². The normalized spacial score (nSPS) is 44.9. The van der Waals surface area contributed by atoms with E-state index in [1.807, 2.05) is 26.8 Å². The number of amides is 1. The van der Waals surface area contributed by atoms with Crippen LogP contribution in [0.5, 0.6) is 0 Å². The molecule has 43 heavy (non-hydrogen) atoms. The summed E-state index contributed by atoms with van der Waals surface area (Å²) < 4.78 is 1.60. The van der Waals surface area contributed by atoms with Crippen molar-refractivity contribution in [2.45, 2.75) is 105 Å². The lowest BCUT2D eigenvalue weighted by molar-refractivity contribution is -0.240. The second kappa shape index (κ2) is 8.78. The van der Waals surface area contributed by atoms with Crippen molar-refractivity contribution in [3.63, 3.8) is 0 Å². The molecule has 0 unspecified atom stereocenters. The van der Waals surface area contributed by atoms with Gasteiger partial charge in [0.2, 0.25) is 0 Å². The number of nitrogens with one attached hydrogen (secondary N) is 1. The Labute approximate surface area is 255 Å². The number of aliphatic hydroxyl groups is 1. The Morgan fingerprint density at radius 2 is 1.72 bits per heavy atom. The van der Waals surface area contributed by atoms with Crippen LogP contribution in [-0.2, 0) is 16.6 Å². The summed E-state index contributed by atoms with van der Waals surface area (Å²) in [4.78, 5) is 41.1. The first-order valence-corrected chi connectivity index (χ1v) is 15.8. The molecule has 0 bridgehead atoms. The molecular weight excluding hydrogens is 540 g/mol. The third-order valence-electron chi connectivity index (χ3n) is 13.6. The first-order valence-electron chi connectivity index (χ1n) is 15.8. The highest BCUT2D eigenvalue weighted by atomic mass is 16.3. The highest BCUT2D eigenvalue weighted by Crippen LogP contribution is 2.75. The molecule has 1 heterocycles. The van der Waals surface area contributed by atoms with Crippen LogP contribution < -0.4 is 5.32 Å². The van der Waals surface area contributed by atoms with Crippen molar-refractivity contribution in [3.05, 3.63) is 41.3 Å². The number of Topliss-reactive ketones (excluding diaryl/α,β-unsaturated/α-hetero) is 1. The number of allylic oxidation sites excluding steroid dienone is 3. The summed E-state index contributed by atoms with van der Waals surface area (Å²) in [5.41, 5.74) is -3.72. The molecule has 1 amide bonds. The summed E-state index contributed by atoms with van der Waals surface area (Å²) in [6, 6.07) is 3.84. The minimum Gasteiger partial charge on any atom is -0.381 e. The van der Waals surface area contributed by atoms with Gasteiger partial charge in [0.1, 0.15) is 17.4 Å². The highest BCUT2D eigenvalue weighted by molar-refractivity contribution is 6.05. The lowest BCUT2D eigenvalue weighted by Crippen LogP contribution is -2.74. The molecule has 0 aliphatic heterocycles. The quantitative estimate of drug-likeness (QED) is 0.489. The SMILES string of the molecule is Cn1ccc(C(=O)N[C@@]2(C)CC[C@]3(C)CC[C@@]4(C)[C@]5(C)CC[C@H]6C(C)(C)C(=O)C(C#N)=C[C@]6(C)C5=CC(=O)[C@]4(O)[C@@H]3C2)n1. The Bertz CT molecular complexity index is 1560. The van der Waals surface area contributed by atoms with Gasteiger partial charge >= 0.3 is 0 Å². The number of rotatable bonds is 2. The van der Waals surface area contributed by atoms with Crippen molar-refractivity contribution in [3.8, 4) is 6.07 Å². The van der Waals surface area contributed by atoms with Crippen molar-refractivity contribution < 1.29 is 19.5 Å². The van der Waals surface area contributed by atoms with E-state index in [0.29, 0.717) is 18.5 Å². The summed E-state index contributed by atoms with van der Waals surface area (Å²) in [5, 5.41) is 30.5. The van der Waals surface area contributed by atoms with E-state index in [2.05, 4.69) is 44.2 Å². The fraction of sp³-hybridized carbons (Fsp3) is 0.686. The fourth-order valence-corrected chi connectivity index (χ4v) is 10.7. The van der Waals surface area contributed by atoms with Crippen LogP contribution >= 0.6 is 0 Å². The number of ketones is 2. The fourth-order valence-electron chi connectivity index (χ4n) is 10.7. The molecule has 5 aliphatic rings. The molecule has 0 radical (unpaired) electrons. The second-order valence-electron chi connectivity index (χ2n) is 16.2. The lowest BCUT2D eigenvalue weighted by atomic mass is 9.33. The zero-order chi connectivity index (χ0) is 31.6. The predicted octanol–water partition coefficient (Wildman–Crippen LogP) is 5.24. The van der Waals surface area contributed by atoms with Crippen LogP contribution in [0.15, 0.2) is 35.6 Å². The summed E-state index contributed by atoms with van der Waals surface area (Å²) in [7, 11) is 1.77. The minimum atomic E-state index is -1.62. The van der Waals surface area contributed by atoms with Gasteiger partial charge in [-0.05, 0) is 86.3 Å². The number of nitrogens with zero attached hydrogens (tertiary/aromatic N) is 3. The summed E-state index contributed by atoms with van der Waals surface area (Å²) in [6.45, 7) is 14.5. The zero-order valence-corrected chi connectivity index (χ0v) is 26.9. The van der Waals surface area contributed by atoms with E-state index < -0.39 is 32.8 Å². The molecule has 5 aliphatic carbocycles. The molecule has 0 aromatic carbocycles. The molecule has 2 N–H and O–H groups in total. The molecule has 8 nitrogen and oxygen atoms in total. The molecule has 3 fully saturated rings. The topological polar surface area (TPSA) is 125 Å². The highest BCUT2D eigenvalue weighted by Gasteiger charge is 2.75. The molecule has 0 spiro atoms. The van der Waals surface area contributed by atoms with E-state index in [4.69, 9.17) is 0 Å². The number of carbonyl (C=O) groups is 3. The number of aryl methyl sites for hydroxylation is 1. The second-order valence-corrected chi connectivity index (χ2v) is 16.2. The zero-order valence-electron chi connectivity index (χ0n) is 26.9. The number of carbonyl (C=O) groups excluding carboxylic acids is 3. The molecule has 1 aromatic rings. The van der Waals surface area contributed by atoms with Gasteiger partial charge in [-0.15, -0.1) is 0 Å². The van der Waals surface area contributed by atoms with E-state index in [0.717, 1.165) is 37.7 Å². The van der Waals surface area contributed by atoms with E-state index in [1.165, 1.54) is 0 Å². The molecule has 8 atom stereocenters. The maximum atomic E-state index is 14.6. The largest absolute Gasteiger partial charge is 0.381 e. The van der Waals surface area contributed by atoms with Crippen LogP contribution in [-0.4, -0.2) is 43.5 Å². The van der Waals surface area contributed by atoms with Gasteiger partial charge in [0.05, 0.1) is 5.57 Å². The Kier molecular flexibility index (Phi) is 6.12. The standard InChI is InChI=1S/C35H46N4O4/c1-29(2)23-9-11-33(6)24(32(23,5)18-21(20-36)27(29)41)17-26(40)35(43)25-19-31(4,37-28(42)22-10-16-39(8)38-22)14-12-30(25,3)13-15-34(33,35)7/h10,16-18,23,25,43H,9,11-15,19H2,1-8H3,(H,37,42)/t23-,25+,30+,31-,32-,33+,34-,35+/m0/s1. The Hall–Kier alpha value is -3.05. The molecule has 230 valence electrons. The van der Waals surface area contributed by atoms with Crippen molar-refractivity contribution in [2.24, 2.45) is 46.0 Å². The summed E-state index contributed by atoms with van der Waals surface area (Å²) in [6.07, 6.45) is 10.4. The van der Waals surface area contributed by atoms with Gasteiger partial charge in [0.15, 0.2) is 11.6 Å². The van der Waals surface area contributed by atoms with E-state index >= 15 is 0 Å². The smallest absolute Gasteiger partial charge is 0.272 e. The van der Waals surface area contributed by atoms with Crippen molar-refractivity contribution in [1.29, 1.82) is 5.26 Å². The summed E-state index contributed by atoms with van der Waals surface area (Å²) in [5.74, 6) is -1.07. The number of hydrogen-bond acceptors (Lipinski definition) is 6. The number of aromatic nitrogens is 2. The number of hydrogen-bond donors (Lipinski definition) is 2. The number of fused-ring (bicyclic) bond motifs is 7. The van der Waals surface area contributed by atoms with Crippen LogP contribution in [0, 0.1) is 50.2 Å². The first-order chi connectivity index (χ1) is 19.8. The van der Waals surface area contributed by atoms with E-state index in [1.54, 1.807) is 30.1 Å². The maximum absolute atomic E-state index is 14.6. The molecule has 0 saturated heterocycles. The van der Waals surface area contributed by atoms with Gasteiger partial charge in [-0.1, -0.05) is 47.6 Å². The van der Waals surface area contributed by atoms with Gasteiger partial charge in [-0.3, -0.25) is 19.1 Å². The van der Waals surface area contributed by atoms with E-state index in [-0.39, 0.29) is 40.3 Å². The van der Waals surface area contributed by atoms with Crippen LogP contribution in [0.25, 0.3) is 0 Å². The average molecular weight is 587 g/mol. The molecule has 1 aromatic heterocycles. The predicted molar refractivity (Wildman–Crippen MR) is 161 cm³/mol. The van der Waals surface area contributed by atoms with Crippen LogP contribution in [0.4, 0.5) is 0 Å². The van der Waals surface area contributed by atoms with Gasteiger partial charge in [-0.25, -0.2) is 0 Å². The van der Waals surface area contributed by atoms with Gasteiger partial charge in [-0.2, -0.15) is 10.4 Å². The molecule has 3 saturated carbocycles. The van der Waals surface area contributed by atoms with Crippen molar-refractivity contribution in [1.82, 2.24) is 15.1 Å². The molecule has 6 rings (SSSR count). The Balaban J connectivity index is 1.45.